The van der Waals surface area contributed by atoms with E-state index in [1.165, 1.54) is 18.9 Å². The third kappa shape index (κ3) is 2.21. The summed E-state index contributed by atoms with van der Waals surface area (Å²) in [6.45, 7) is 4.65. The second-order valence-corrected chi connectivity index (χ2v) is 4.84. The summed E-state index contributed by atoms with van der Waals surface area (Å²) < 4.78 is 15.7. The maximum atomic E-state index is 13.8. The summed E-state index contributed by atoms with van der Waals surface area (Å²) in [4.78, 5) is 0. The Morgan fingerprint density at radius 2 is 2.28 bits per heavy atom. The van der Waals surface area contributed by atoms with Crippen molar-refractivity contribution in [1.29, 1.82) is 0 Å². The van der Waals surface area contributed by atoms with Crippen molar-refractivity contribution in [1.82, 2.24) is 9.78 Å². The minimum Gasteiger partial charge on any atom is -0.272 e. The molecule has 0 N–H and O–H groups in total. The molecule has 3 rings (SSSR count). The molecule has 92 valence electrons. The van der Waals surface area contributed by atoms with Crippen LogP contribution in [0.5, 0.6) is 0 Å². The van der Waals surface area contributed by atoms with Gasteiger partial charge in [-0.3, -0.25) is 4.68 Å². The molecule has 2 nitrogen and oxygen atoms in total. The first-order valence-corrected chi connectivity index (χ1v) is 6.21. The minimum absolute atomic E-state index is 0.216. The van der Waals surface area contributed by atoms with E-state index >= 15 is 0 Å². The Labute approximate surface area is 106 Å². The van der Waals surface area contributed by atoms with Gasteiger partial charge in [-0.15, -0.1) is 0 Å². The maximum absolute atomic E-state index is 13.8. The Hall–Kier alpha value is -1.90. The lowest BCUT2D eigenvalue weighted by Gasteiger charge is -2.02. The molecule has 18 heavy (non-hydrogen) atoms. The van der Waals surface area contributed by atoms with Gasteiger partial charge in [-0.2, -0.15) is 5.10 Å². The highest BCUT2D eigenvalue weighted by molar-refractivity contribution is 5.66. The second-order valence-electron chi connectivity index (χ2n) is 4.84. The molecule has 1 heterocycles. The van der Waals surface area contributed by atoms with Gasteiger partial charge in [-0.05, 0) is 36.5 Å². The van der Waals surface area contributed by atoms with E-state index in [0.717, 1.165) is 23.6 Å². The van der Waals surface area contributed by atoms with E-state index in [1.807, 2.05) is 10.9 Å². The molecule has 2 aromatic rings. The molecule has 0 unspecified atom stereocenters. The first kappa shape index (κ1) is 11.2. The Morgan fingerprint density at radius 3 is 3.00 bits per heavy atom. The number of hydrogen-bond donors (Lipinski definition) is 0. The molecule has 0 radical (unpaired) electrons. The third-order valence-corrected chi connectivity index (χ3v) is 3.31. The number of rotatable bonds is 4. The predicted molar refractivity (Wildman–Crippen MR) is 70.4 cm³/mol. The molecule has 3 heteroatoms. The van der Waals surface area contributed by atoms with E-state index in [9.17, 15) is 4.39 Å². The average Bonchev–Trinajstić information content (AvgIpc) is 3.07. The van der Waals surface area contributed by atoms with Crippen LogP contribution in [-0.4, -0.2) is 9.78 Å². The summed E-state index contributed by atoms with van der Waals surface area (Å²) in [5, 5.41) is 4.29. The summed E-state index contributed by atoms with van der Waals surface area (Å²) >= 11 is 0. The first-order chi connectivity index (χ1) is 8.76. The Balaban J connectivity index is 1.92. The van der Waals surface area contributed by atoms with E-state index in [2.05, 4.69) is 11.7 Å². The monoisotopic (exact) mass is 242 g/mol. The van der Waals surface area contributed by atoms with Crippen LogP contribution < -0.4 is 0 Å². The lowest BCUT2D eigenvalue weighted by atomic mass is 10.1. The van der Waals surface area contributed by atoms with Gasteiger partial charge in [-0.1, -0.05) is 18.7 Å². The quantitative estimate of drug-likeness (QED) is 0.798. The molecule has 1 saturated carbocycles. The van der Waals surface area contributed by atoms with Crippen molar-refractivity contribution in [2.24, 2.45) is 5.92 Å². The van der Waals surface area contributed by atoms with Crippen LogP contribution in [0.3, 0.4) is 0 Å². The molecular formula is C15H15FN2. The van der Waals surface area contributed by atoms with Gasteiger partial charge < -0.3 is 0 Å². The molecule has 0 amide bonds. The Bertz CT molecular complexity index is 582. The lowest BCUT2D eigenvalue weighted by Crippen LogP contribution is -1.99. The molecule has 1 aromatic heterocycles. The zero-order chi connectivity index (χ0) is 12.5. The molecule has 0 atom stereocenters. The first-order valence-electron chi connectivity index (χ1n) is 6.21. The number of benzene rings is 1. The van der Waals surface area contributed by atoms with E-state index in [-0.39, 0.29) is 5.82 Å². The van der Waals surface area contributed by atoms with Crippen molar-refractivity contribution in [3.8, 4) is 11.1 Å². The van der Waals surface area contributed by atoms with E-state index in [4.69, 9.17) is 0 Å². The molecule has 1 aliphatic rings. The fourth-order valence-corrected chi connectivity index (χ4v) is 2.06. The maximum Gasteiger partial charge on any atom is 0.131 e. The summed E-state index contributed by atoms with van der Waals surface area (Å²) in [6, 6.07) is 5.01. The normalized spacial score (nSPS) is 14.7. The van der Waals surface area contributed by atoms with E-state index < -0.39 is 0 Å². The standard InChI is InChI=1S/C15H15FN2/c1-2-11-5-6-15(16)14(7-11)13-8-17-18(10-13)9-12-3-4-12/h2,5-8,10,12H,1,3-4,9H2. The molecular weight excluding hydrogens is 227 g/mol. The zero-order valence-corrected chi connectivity index (χ0v) is 10.1. The molecule has 1 aromatic carbocycles. The van der Waals surface area contributed by atoms with Gasteiger partial charge in [-0.25, -0.2) is 4.39 Å². The van der Waals surface area contributed by atoms with Gasteiger partial charge >= 0.3 is 0 Å². The van der Waals surface area contributed by atoms with Crippen LogP contribution in [0.2, 0.25) is 0 Å². The predicted octanol–water partition coefficient (Wildman–Crippen LogP) is 3.74. The van der Waals surface area contributed by atoms with Crippen LogP contribution in [0.15, 0.2) is 37.2 Å². The van der Waals surface area contributed by atoms with Gasteiger partial charge in [0.25, 0.3) is 0 Å². The topological polar surface area (TPSA) is 17.8 Å². The molecule has 1 aliphatic carbocycles. The molecule has 0 saturated heterocycles. The second kappa shape index (κ2) is 4.41. The lowest BCUT2D eigenvalue weighted by molar-refractivity contribution is 0.563. The Kier molecular flexibility index (Phi) is 2.74. The van der Waals surface area contributed by atoms with Gasteiger partial charge in [0.15, 0.2) is 0 Å². The highest BCUT2D eigenvalue weighted by atomic mass is 19.1. The number of aromatic nitrogens is 2. The zero-order valence-electron chi connectivity index (χ0n) is 10.1. The van der Waals surface area contributed by atoms with Gasteiger partial charge in [0, 0.05) is 23.9 Å². The molecule has 0 bridgehead atoms. The van der Waals surface area contributed by atoms with Crippen LogP contribution in [0.4, 0.5) is 4.39 Å². The summed E-state index contributed by atoms with van der Waals surface area (Å²) in [5.41, 5.74) is 2.34. The van der Waals surface area contributed by atoms with Crippen molar-refractivity contribution in [3.05, 3.63) is 48.6 Å². The molecule has 1 fully saturated rings. The fourth-order valence-electron chi connectivity index (χ4n) is 2.06. The largest absolute Gasteiger partial charge is 0.272 e. The van der Waals surface area contributed by atoms with Crippen LogP contribution in [-0.2, 0) is 6.54 Å². The van der Waals surface area contributed by atoms with Crippen LogP contribution in [0, 0.1) is 11.7 Å². The number of nitrogens with zero attached hydrogens (tertiary/aromatic N) is 2. The third-order valence-electron chi connectivity index (χ3n) is 3.31. The van der Waals surface area contributed by atoms with Crippen molar-refractivity contribution >= 4 is 6.08 Å². The van der Waals surface area contributed by atoms with Gasteiger partial charge in [0.1, 0.15) is 5.82 Å². The Morgan fingerprint density at radius 1 is 1.44 bits per heavy atom. The highest BCUT2D eigenvalue weighted by Crippen LogP contribution is 2.31. The van der Waals surface area contributed by atoms with E-state index in [1.54, 1.807) is 24.4 Å². The van der Waals surface area contributed by atoms with Crippen LogP contribution in [0.25, 0.3) is 17.2 Å². The van der Waals surface area contributed by atoms with Crippen molar-refractivity contribution in [3.63, 3.8) is 0 Å². The van der Waals surface area contributed by atoms with Crippen LogP contribution >= 0.6 is 0 Å². The average molecular weight is 242 g/mol. The summed E-state index contributed by atoms with van der Waals surface area (Å²) in [5.74, 6) is 0.550. The fraction of sp³-hybridized carbons (Fsp3) is 0.267. The smallest absolute Gasteiger partial charge is 0.131 e. The molecule has 0 aliphatic heterocycles. The van der Waals surface area contributed by atoms with Gasteiger partial charge in [0.2, 0.25) is 0 Å². The number of hydrogen-bond acceptors (Lipinski definition) is 1. The van der Waals surface area contributed by atoms with Crippen molar-refractivity contribution in [2.45, 2.75) is 19.4 Å². The SMILES string of the molecule is C=Cc1ccc(F)c(-c2cnn(CC3CC3)c2)c1. The van der Waals surface area contributed by atoms with Crippen LogP contribution in [0.1, 0.15) is 18.4 Å². The van der Waals surface area contributed by atoms with Crippen molar-refractivity contribution in [2.75, 3.05) is 0 Å². The summed E-state index contributed by atoms with van der Waals surface area (Å²) in [6.07, 6.45) is 7.94. The summed E-state index contributed by atoms with van der Waals surface area (Å²) in [7, 11) is 0. The highest BCUT2D eigenvalue weighted by Gasteiger charge is 2.22. The van der Waals surface area contributed by atoms with Gasteiger partial charge in [0.05, 0.1) is 6.20 Å². The molecule has 0 spiro atoms. The number of halogens is 1. The van der Waals surface area contributed by atoms with E-state index in [0.29, 0.717) is 5.56 Å². The van der Waals surface area contributed by atoms with Crippen molar-refractivity contribution < 1.29 is 4.39 Å². The minimum atomic E-state index is -0.216.